The molecule has 1 aliphatic rings. The van der Waals surface area contributed by atoms with Gasteiger partial charge in [-0.05, 0) is 33.2 Å². The third-order valence-corrected chi connectivity index (χ3v) is 3.61. The summed E-state index contributed by atoms with van der Waals surface area (Å²) < 4.78 is 13.1. The maximum atomic E-state index is 5.44. The summed E-state index contributed by atoms with van der Waals surface area (Å²) in [6.45, 7) is 3.52. The number of aromatic nitrogens is 1. The molecule has 0 N–H and O–H groups in total. The quantitative estimate of drug-likeness (QED) is 0.831. The topological polar surface area (TPSA) is 26.6 Å². The first-order valence-corrected chi connectivity index (χ1v) is 6.20. The van der Waals surface area contributed by atoms with Crippen molar-refractivity contribution in [1.82, 2.24) is 9.47 Å². The number of ether oxygens (including phenoxy) is 2. The minimum atomic E-state index is 0.329. The van der Waals surface area contributed by atoms with Crippen LogP contribution in [0.25, 0.3) is 10.9 Å². The standard InChI is InChI=1S/C14H18N2O2/c1-10(15(2)3)8-16-5-4-11-6-13-14(7-12(11)16)18-9-17-13/h4-7,10H,8-9H2,1-3H3. The van der Waals surface area contributed by atoms with Crippen molar-refractivity contribution < 1.29 is 9.47 Å². The zero-order valence-electron chi connectivity index (χ0n) is 11.0. The maximum absolute atomic E-state index is 5.44. The Labute approximate surface area is 107 Å². The van der Waals surface area contributed by atoms with Gasteiger partial charge in [-0.3, -0.25) is 0 Å². The number of rotatable bonds is 3. The summed E-state index contributed by atoms with van der Waals surface area (Å²) in [5.41, 5.74) is 1.20. The van der Waals surface area contributed by atoms with Gasteiger partial charge in [-0.2, -0.15) is 0 Å². The molecule has 1 unspecified atom stereocenters. The number of hydrogen-bond donors (Lipinski definition) is 0. The first-order chi connectivity index (χ1) is 8.65. The molecule has 1 aromatic heterocycles. The van der Waals surface area contributed by atoms with Crippen LogP contribution in [0.3, 0.4) is 0 Å². The lowest BCUT2D eigenvalue weighted by molar-refractivity contribution is 0.174. The first-order valence-electron chi connectivity index (χ1n) is 6.20. The van der Waals surface area contributed by atoms with Gasteiger partial charge in [0.05, 0.1) is 5.52 Å². The second kappa shape index (κ2) is 4.21. The SMILES string of the molecule is CC(Cn1ccc2cc3c(cc21)OCO3)N(C)C. The lowest BCUT2D eigenvalue weighted by Gasteiger charge is -2.20. The van der Waals surface area contributed by atoms with Crippen LogP contribution in [0, 0.1) is 0 Å². The van der Waals surface area contributed by atoms with Gasteiger partial charge in [0.15, 0.2) is 11.5 Å². The van der Waals surface area contributed by atoms with E-state index in [1.54, 1.807) is 0 Å². The average molecular weight is 246 g/mol. The summed E-state index contributed by atoms with van der Waals surface area (Å²) in [5, 5.41) is 1.20. The van der Waals surface area contributed by atoms with Crippen molar-refractivity contribution in [3.05, 3.63) is 24.4 Å². The molecule has 96 valence electrons. The van der Waals surface area contributed by atoms with Gasteiger partial charge >= 0.3 is 0 Å². The fraction of sp³-hybridized carbons (Fsp3) is 0.429. The highest BCUT2D eigenvalue weighted by atomic mass is 16.7. The molecule has 0 aliphatic carbocycles. The van der Waals surface area contributed by atoms with Crippen LogP contribution in [0.1, 0.15) is 6.92 Å². The van der Waals surface area contributed by atoms with Crippen LogP contribution in [0.2, 0.25) is 0 Å². The van der Waals surface area contributed by atoms with Crippen molar-refractivity contribution in [1.29, 1.82) is 0 Å². The van der Waals surface area contributed by atoms with Crippen molar-refractivity contribution in [2.24, 2.45) is 0 Å². The molecule has 0 saturated heterocycles. The molecule has 18 heavy (non-hydrogen) atoms. The van der Waals surface area contributed by atoms with Crippen molar-refractivity contribution in [2.75, 3.05) is 20.9 Å². The molecule has 2 heterocycles. The van der Waals surface area contributed by atoms with Crippen LogP contribution >= 0.6 is 0 Å². The van der Waals surface area contributed by atoms with Crippen LogP contribution < -0.4 is 9.47 Å². The number of nitrogens with zero attached hydrogens (tertiary/aromatic N) is 2. The predicted octanol–water partition coefficient (Wildman–Crippen LogP) is 2.32. The smallest absolute Gasteiger partial charge is 0.231 e. The van der Waals surface area contributed by atoms with Crippen molar-refractivity contribution >= 4 is 10.9 Å². The molecule has 0 fully saturated rings. The molecule has 4 heteroatoms. The van der Waals surface area contributed by atoms with Gasteiger partial charge in [0, 0.05) is 30.2 Å². The highest BCUT2D eigenvalue weighted by molar-refractivity contribution is 5.84. The summed E-state index contributed by atoms with van der Waals surface area (Å²) in [6, 6.07) is 6.74. The molecule has 4 nitrogen and oxygen atoms in total. The van der Waals surface area contributed by atoms with E-state index in [0.29, 0.717) is 12.8 Å². The van der Waals surface area contributed by atoms with Crippen LogP contribution in [0.5, 0.6) is 11.5 Å². The Morgan fingerprint density at radius 1 is 1.28 bits per heavy atom. The Bertz CT molecular complexity index is 574. The second-order valence-corrected chi connectivity index (χ2v) is 5.05. The molecule has 0 amide bonds. The van der Waals surface area contributed by atoms with E-state index in [9.17, 15) is 0 Å². The van der Waals surface area contributed by atoms with Crippen LogP contribution in [0.4, 0.5) is 0 Å². The lowest BCUT2D eigenvalue weighted by atomic mass is 10.2. The fourth-order valence-electron chi connectivity index (χ4n) is 2.19. The molecular formula is C14H18N2O2. The molecule has 2 aromatic rings. The molecule has 1 aliphatic heterocycles. The highest BCUT2D eigenvalue weighted by Crippen LogP contribution is 2.36. The molecule has 3 rings (SSSR count). The highest BCUT2D eigenvalue weighted by Gasteiger charge is 2.16. The summed E-state index contributed by atoms with van der Waals surface area (Å²) in [5.74, 6) is 1.70. The van der Waals surface area contributed by atoms with E-state index in [1.165, 1.54) is 10.9 Å². The van der Waals surface area contributed by atoms with Gasteiger partial charge in [-0.15, -0.1) is 0 Å². The molecule has 1 atom stereocenters. The zero-order chi connectivity index (χ0) is 12.7. The summed E-state index contributed by atoms with van der Waals surface area (Å²) in [7, 11) is 4.20. The molecule has 0 radical (unpaired) electrons. The normalized spacial score (nSPS) is 15.6. The van der Waals surface area contributed by atoms with E-state index in [4.69, 9.17) is 9.47 Å². The van der Waals surface area contributed by atoms with E-state index < -0.39 is 0 Å². The Hall–Kier alpha value is -1.68. The Kier molecular flexibility index (Phi) is 2.67. The third-order valence-electron chi connectivity index (χ3n) is 3.61. The van der Waals surface area contributed by atoms with E-state index in [2.05, 4.69) is 54.9 Å². The van der Waals surface area contributed by atoms with E-state index in [1.807, 2.05) is 0 Å². The Balaban J connectivity index is 1.98. The van der Waals surface area contributed by atoms with E-state index in [0.717, 1.165) is 18.0 Å². The van der Waals surface area contributed by atoms with E-state index >= 15 is 0 Å². The summed E-state index contributed by atoms with van der Waals surface area (Å²) in [4.78, 5) is 2.22. The van der Waals surface area contributed by atoms with Crippen LogP contribution in [-0.2, 0) is 6.54 Å². The van der Waals surface area contributed by atoms with Gasteiger partial charge in [0.25, 0.3) is 0 Å². The van der Waals surface area contributed by atoms with Gasteiger partial charge in [-0.1, -0.05) is 0 Å². The van der Waals surface area contributed by atoms with Crippen molar-refractivity contribution in [3.8, 4) is 11.5 Å². The fourth-order valence-corrected chi connectivity index (χ4v) is 2.19. The largest absolute Gasteiger partial charge is 0.454 e. The molecule has 0 spiro atoms. The lowest BCUT2D eigenvalue weighted by Crippen LogP contribution is -2.28. The Morgan fingerprint density at radius 2 is 2.00 bits per heavy atom. The average Bonchev–Trinajstić information content (AvgIpc) is 2.93. The van der Waals surface area contributed by atoms with E-state index in [-0.39, 0.29) is 0 Å². The first kappa shape index (κ1) is 11.4. The number of benzene rings is 1. The molecular weight excluding hydrogens is 228 g/mol. The zero-order valence-corrected chi connectivity index (χ0v) is 11.0. The van der Waals surface area contributed by atoms with Crippen LogP contribution in [-0.4, -0.2) is 36.4 Å². The number of hydrogen-bond acceptors (Lipinski definition) is 3. The molecule has 1 aromatic carbocycles. The number of likely N-dealkylation sites (N-methyl/N-ethyl adjacent to an activating group) is 1. The maximum Gasteiger partial charge on any atom is 0.231 e. The molecule has 0 bridgehead atoms. The minimum Gasteiger partial charge on any atom is -0.454 e. The van der Waals surface area contributed by atoms with Gasteiger partial charge < -0.3 is 18.9 Å². The predicted molar refractivity (Wildman–Crippen MR) is 71.2 cm³/mol. The monoisotopic (exact) mass is 246 g/mol. The Morgan fingerprint density at radius 3 is 2.72 bits per heavy atom. The second-order valence-electron chi connectivity index (χ2n) is 5.05. The van der Waals surface area contributed by atoms with Gasteiger partial charge in [0.1, 0.15) is 0 Å². The van der Waals surface area contributed by atoms with Gasteiger partial charge in [-0.25, -0.2) is 0 Å². The minimum absolute atomic E-state index is 0.329. The third kappa shape index (κ3) is 1.82. The summed E-state index contributed by atoms with van der Waals surface area (Å²) >= 11 is 0. The van der Waals surface area contributed by atoms with Crippen LogP contribution in [0.15, 0.2) is 24.4 Å². The van der Waals surface area contributed by atoms with Crippen molar-refractivity contribution in [3.63, 3.8) is 0 Å². The van der Waals surface area contributed by atoms with Gasteiger partial charge in [0.2, 0.25) is 6.79 Å². The molecule has 0 saturated carbocycles. The number of fused-ring (bicyclic) bond motifs is 2. The summed E-state index contributed by atoms with van der Waals surface area (Å²) in [6.07, 6.45) is 2.12. The van der Waals surface area contributed by atoms with Crippen molar-refractivity contribution in [2.45, 2.75) is 19.5 Å².